The van der Waals surface area contributed by atoms with E-state index in [4.69, 9.17) is 0 Å². The monoisotopic (exact) mass is 222 g/mol. The van der Waals surface area contributed by atoms with Crippen LogP contribution in [0, 0.1) is 18.8 Å². The van der Waals surface area contributed by atoms with E-state index in [0.717, 1.165) is 24.4 Å². The summed E-state index contributed by atoms with van der Waals surface area (Å²) in [5.74, 6) is 6.04. The molecule has 0 saturated carbocycles. The van der Waals surface area contributed by atoms with E-state index in [1.54, 1.807) is 11.3 Å². The standard InChI is InChI=1S/C12H18N2S/c1-4-6-7-8-11(13-5-2)12-9-14-10(3)15-12/h9,11,13H,5,7-8H2,1-3H3. The van der Waals surface area contributed by atoms with Crippen LogP contribution >= 0.6 is 11.3 Å². The van der Waals surface area contributed by atoms with Gasteiger partial charge in [0.25, 0.3) is 0 Å². The lowest BCUT2D eigenvalue weighted by atomic mass is 10.1. The van der Waals surface area contributed by atoms with Crippen LogP contribution in [0.2, 0.25) is 0 Å². The van der Waals surface area contributed by atoms with Gasteiger partial charge in [0.15, 0.2) is 0 Å². The first-order valence-electron chi connectivity index (χ1n) is 5.33. The van der Waals surface area contributed by atoms with Crippen LogP contribution in [-0.4, -0.2) is 11.5 Å². The summed E-state index contributed by atoms with van der Waals surface area (Å²) in [7, 11) is 0. The van der Waals surface area contributed by atoms with Gasteiger partial charge < -0.3 is 5.32 Å². The summed E-state index contributed by atoms with van der Waals surface area (Å²) in [5.41, 5.74) is 0. The zero-order chi connectivity index (χ0) is 11.1. The van der Waals surface area contributed by atoms with E-state index in [1.165, 1.54) is 4.88 Å². The summed E-state index contributed by atoms with van der Waals surface area (Å²) >= 11 is 1.77. The molecule has 0 radical (unpaired) electrons. The SMILES string of the molecule is CC#CCCC(NCC)c1cnc(C)s1. The summed E-state index contributed by atoms with van der Waals surface area (Å²) < 4.78 is 0. The summed E-state index contributed by atoms with van der Waals surface area (Å²) in [5, 5.41) is 4.61. The highest BCUT2D eigenvalue weighted by atomic mass is 32.1. The zero-order valence-corrected chi connectivity index (χ0v) is 10.4. The van der Waals surface area contributed by atoms with Gasteiger partial charge in [-0.15, -0.1) is 23.2 Å². The van der Waals surface area contributed by atoms with Crippen molar-refractivity contribution >= 4 is 11.3 Å². The lowest BCUT2D eigenvalue weighted by Gasteiger charge is -2.14. The second-order valence-electron chi connectivity index (χ2n) is 3.36. The minimum atomic E-state index is 0.419. The van der Waals surface area contributed by atoms with Gasteiger partial charge in [-0.05, 0) is 26.8 Å². The molecular weight excluding hydrogens is 204 g/mol. The molecule has 1 aromatic rings. The number of hydrogen-bond donors (Lipinski definition) is 1. The van der Waals surface area contributed by atoms with Gasteiger partial charge >= 0.3 is 0 Å². The molecule has 0 spiro atoms. The smallest absolute Gasteiger partial charge is 0.0897 e. The maximum Gasteiger partial charge on any atom is 0.0897 e. The van der Waals surface area contributed by atoms with Crippen molar-refractivity contribution in [2.75, 3.05) is 6.54 Å². The lowest BCUT2D eigenvalue weighted by molar-refractivity contribution is 0.529. The molecule has 82 valence electrons. The Labute approximate surface area is 96.1 Å². The van der Waals surface area contributed by atoms with E-state index in [9.17, 15) is 0 Å². The highest BCUT2D eigenvalue weighted by molar-refractivity contribution is 7.11. The number of thiazole rings is 1. The Kier molecular flexibility index (Phi) is 5.38. The van der Waals surface area contributed by atoms with Crippen molar-refractivity contribution in [2.24, 2.45) is 0 Å². The van der Waals surface area contributed by atoms with E-state index in [-0.39, 0.29) is 0 Å². The van der Waals surface area contributed by atoms with Crippen molar-refractivity contribution < 1.29 is 0 Å². The fraction of sp³-hybridized carbons (Fsp3) is 0.583. The first-order valence-corrected chi connectivity index (χ1v) is 6.15. The molecule has 1 rings (SSSR count). The Morgan fingerprint density at radius 1 is 1.60 bits per heavy atom. The quantitative estimate of drug-likeness (QED) is 0.775. The van der Waals surface area contributed by atoms with Crippen LogP contribution in [0.4, 0.5) is 0 Å². The third-order valence-corrected chi connectivity index (χ3v) is 3.19. The Morgan fingerprint density at radius 2 is 2.40 bits per heavy atom. The number of rotatable bonds is 5. The molecule has 1 atom stereocenters. The van der Waals surface area contributed by atoms with Crippen LogP contribution < -0.4 is 5.32 Å². The highest BCUT2D eigenvalue weighted by Gasteiger charge is 2.11. The molecular formula is C12H18N2S. The molecule has 15 heavy (non-hydrogen) atoms. The summed E-state index contributed by atoms with van der Waals surface area (Å²) in [6.45, 7) is 7.05. The van der Waals surface area contributed by atoms with Gasteiger partial charge in [0.1, 0.15) is 0 Å². The number of nitrogens with zero attached hydrogens (tertiary/aromatic N) is 1. The van der Waals surface area contributed by atoms with Crippen LogP contribution in [0.25, 0.3) is 0 Å². The van der Waals surface area contributed by atoms with Crippen molar-refractivity contribution in [3.63, 3.8) is 0 Å². The Balaban J connectivity index is 2.59. The maximum absolute atomic E-state index is 4.29. The molecule has 0 aliphatic rings. The minimum absolute atomic E-state index is 0.419. The van der Waals surface area contributed by atoms with E-state index in [0.29, 0.717) is 6.04 Å². The minimum Gasteiger partial charge on any atom is -0.309 e. The number of aromatic nitrogens is 1. The highest BCUT2D eigenvalue weighted by Crippen LogP contribution is 2.23. The van der Waals surface area contributed by atoms with Crippen molar-refractivity contribution in [3.8, 4) is 11.8 Å². The Morgan fingerprint density at radius 3 is 2.93 bits per heavy atom. The van der Waals surface area contributed by atoms with E-state index < -0.39 is 0 Å². The van der Waals surface area contributed by atoms with Crippen molar-refractivity contribution in [2.45, 2.75) is 39.7 Å². The van der Waals surface area contributed by atoms with Gasteiger partial charge in [0, 0.05) is 23.5 Å². The van der Waals surface area contributed by atoms with Gasteiger partial charge in [-0.2, -0.15) is 0 Å². The largest absolute Gasteiger partial charge is 0.309 e. The number of nitrogens with one attached hydrogen (secondary N) is 1. The molecule has 1 N–H and O–H groups in total. The molecule has 0 bridgehead atoms. The van der Waals surface area contributed by atoms with Gasteiger partial charge in [0.05, 0.1) is 5.01 Å². The summed E-state index contributed by atoms with van der Waals surface area (Å²) in [4.78, 5) is 5.62. The molecule has 0 aliphatic heterocycles. The van der Waals surface area contributed by atoms with Gasteiger partial charge in [-0.1, -0.05) is 6.92 Å². The average molecular weight is 222 g/mol. The molecule has 1 unspecified atom stereocenters. The molecule has 1 heterocycles. The Bertz CT molecular complexity index is 346. The van der Waals surface area contributed by atoms with E-state index in [1.807, 2.05) is 20.0 Å². The molecule has 0 aromatic carbocycles. The van der Waals surface area contributed by atoms with Crippen molar-refractivity contribution in [1.29, 1.82) is 0 Å². The van der Waals surface area contributed by atoms with Crippen LogP contribution in [0.15, 0.2) is 6.20 Å². The molecule has 0 saturated heterocycles. The first kappa shape index (κ1) is 12.2. The molecule has 0 fully saturated rings. The number of hydrogen-bond acceptors (Lipinski definition) is 3. The fourth-order valence-electron chi connectivity index (χ4n) is 1.47. The normalized spacial score (nSPS) is 11.9. The molecule has 2 nitrogen and oxygen atoms in total. The number of aryl methyl sites for hydroxylation is 1. The molecule has 0 aliphatic carbocycles. The van der Waals surface area contributed by atoms with Crippen molar-refractivity contribution in [1.82, 2.24) is 10.3 Å². The first-order chi connectivity index (χ1) is 7.27. The van der Waals surface area contributed by atoms with E-state index >= 15 is 0 Å². The summed E-state index contributed by atoms with van der Waals surface area (Å²) in [6.07, 6.45) is 3.99. The van der Waals surface area contributed by atoms with Crippen LogP contribution in [0.3, 0.4) is 0 Å². The van der Waals surface area contributed by atoms with Gasteiger partial charge in [-0.3, -0.25) is 0 Å². The lowest BCUT2D eigenvalue weighted by Crippen LogP contribution is -2.19. The Hall–Kier alpha value is -0.850. The third-order valence-electron chi connectivity index (χ3n) is 2.17. The summed E-state index contributed by atoms with van der Waals surface area (Å²) in [6, 6.07) is 0.419. The topological polar surface area (TPSA) is 24.9 Å². The van der Waals surface area contributed by atoms with Gasteiger partial charge in [0.2, 0.25) is 0 Å². The average Bonchev–Trinajstić information content (AvgIpc) is 2.64. The van der Waals surface area contributed by atoms with Crippen LogP contribution in [0.1, 0.15) is 42.6 Å². The van der Waals surface area contributed by atoms with Crippen LogP contribution in [0.5, 0.6) is 0 Å². The third kappa shape index (κ3) is 4.03. The zero-order valence-electron chi connectivity index (χ0n) is 9.63. The fourth-order valence-corrected chi connectivity index (χ4v) is 2.37. The molecule has 1 aromatic heterocycles. The predicted octanol–water partition coefficient (Wildman–Crippen LogP) is 2.91. The predicted molar refractivity (Wildman–Crippen MR) is 66.0 cm³/mol. The molecule has 0 amide bonds. The maximum atomic E-state index is 4.29. The van der Waals surface area contributed by atoms with E-state index in [2.05, 4.69) is 29.1 Å². The van der Waals surface area contributed by atoms with Gasteiger partial charge in [-0.25, -0.2) is 4.98 Å². The molecule has 3 heteroatoms. The second kappa shape index (κ2) is 6.60. The second-order valence-corrected chi connectivity index (χ2v) is 4.62. The van der Waals surface area contributed by atoms with Crippen molar-refractivity contribution in [3.05, 3.63) is 16.1 Å². The van der Waals surface area contributed by atoms with Crippen LogP contribution in [-0.2, 0) is 0 Å².